The fraction of sp³-hybridized carbons (Fsp3) is 0.316. The van der Waals surface area contributed by atoms with Gasteiger partial charge in [0.05, 0.1) is 0 Å². The molecule has 2 amide bonds. The Morgan fingerprint density at radius 2 is 1.71 bits per heavy atom. The van der Waals surface area contributed by atoms with E-state index in [2.05, 4.69) is 4.98 Å². The Bertz CT molecular complexity index is 659. The topological polar surface area (TPSA) is 53.5 Å². The second kappa shape index (κ2) is 8.82. The number of benzene rings is 1. The van der Waals surface area contributed by atoms with Crippen LogP contribution in [0.1, 0.15) is 24.5 Å². The number of amides is 2. The summed E-state index contributed by atoms with van der Waals surface area (Å²) in [6.45, 7) is 2.97. The minimum atomic E-state index is -0.0441. The van der Waals surface area contributed by atoms with Gasteiger partial charge < -0.3 is 9.80 Å². The first-order valence-electron chi connectivity index (χ1n) is 7.98. The van der Waals surface area contributed by atoms with Gasteiger partial charge in [-0.2, -0.15) is 0 Å². The van der Waals surface area contributed by atoms with E-state index >= 15 is 0 Å². The van der Waals surface area contributed by atoms with Gasteiger partial charge in [-0.1, -0.05) is 36.4 Å². The van der Waals surface area contributed by atoms with Crippen molar-refractivity contribution in [3.8, 4) is 0 Å². The molecule has 1 aromatic carbocycles. The van der Waals surface area contributed by atoms with Crippen LogP contribution in [0.2, 0.25) is 0 Å². The quantitative estimate of drug-likeness (QED) is 0.786. The third-order valence-corrected chi connectivity index (χ3v) is 3.83. The zero-order valence-corrected chi connectivity index (χ0v) is 14.2. The molecule has 0 N–H and O–H groups in total. The number of carbonyl (C=O) groups is 2. The SMILES string of the molecule is CC(=O)N(CCC(=O)N(C)Cc1ccccc1)Cc1cccnc1. The molecule has 0 fully saturated rings. The van der Waals surface area contributed by atoms with E-state index in [1.54, 1.807) is 29.2 Å². The van der Waals surface area contributed by atoms with E-state index < -0.39 is 0 Å². The molecule has 24 heavy (non-hydrogen) atoms. The van der Waals surface area contributed by atoms with Gasteiger partial charge in [-0.15, -0.1) is 0 Å². The molecule has 2 rings (SSSR count). The molecule has 0 aliphatic rings. The first-order valence-corrected chi connectivity index (χ1v) is 7.98. The molecule has 1 aromatic heterocycles. The second-order valence-corrected chi connectivity index (χ2v) is 5.79. The summed E-state index contributed by atoms with van der Waals surface area (Å²) in [6, 6.07) is 13.6. The standard InChI is InChI=1S/C19H23N3O2/c1-16(23)22(15-18-9-6-11-20-13-18)12-10-19(24)21(2)14-17-7-4-3-5-8-17/h3-9,11,13H,10,12,14-15H2,1-2H3. The maximum atomic E-state index is 12.3. The summed E-state index contributed by atoms with van der Waals surface area (Å²) in [5.41, 5.74) is 2.05. The molecule has 5 heteroatoms. The van der Waals surface area contributed by atoms with Gasteiger partial charge in [0.25, 0.3) is 0 Å². The molecule has 0 saturated carbocycles. The number of hydrogen-bond acceptors (Lipinski definition) is 3. The zero-order chi connectivity index (χ0) is 17.4. The molecule has 0 unspecified atom stereocenters. The number of hydrogen-bond donors (Lipinski definition) is 0. The molecular formula is C19H23N3O2. The Morgan fingerprint density at radius 3 is 2.33 bits per heavy atom. The fourth-order valence-electron chi connectivity index (χ4n) is 2.43. The Hall–Kier alpha value is -2.69. The molecule has 1 heterocycles. The molecule has 0 atom stereocenters. The molecule has 2 aromatic rings. The normalized spacial score (nSPS) is 10.2. The predicted octanol–water partition coefficient (Wildman–Crippen LogP) is 2.48. The minimum Gasteiger partial charge on any atom is -0.341 e. The van der Waals surface area contributed by atoms with Crippen molar-refractivity contribution in [2.45, 2.75) is 26.4 Å². The van der Waals surface area contributed by atoms with Crippen LogP contribution in [-0.4, -0.2) is 40.2 Å². The first kappa shape index (κ1) is 17.7. The lowest BCUT2D eigenvalue weighted by Crippen LogP contribution is -2.34. The average Bonchev–Trinajstić information content (AvgIpc) is 2.59. The van der Waals surface area contributed by atoms with Crippen LogP contribution in [0, 0.1) is 0 Å². The number of carbonyl (C=O) groups excluding carboxylic acids is 2. The first-order chi connectivity index (χ1) is 11.6. The van der Waals surface area contributed by atoms with Crippen molar-refractivity contribution in [2.75, 3.05) is 13.6 Å². The largest absolute Gasteiger partial charge is 0.341 e. The Labute approximate surface area is 142 Å². The highest BCUT2D eigenvalue weighted by Gasteiger charge is 2.14. The summed E-state index contributed by atoms with van der Waals surface area (Å²) < 4.78 is 0. The van der Waals surface area contributed by atoms with E-state index in [4.69, 9.17) is 0 Å². The lowest BCUT2D eigenvalue weighted by Gasteiger charge is -2.23. The molecule has 126 valence electrons. The lowest BCUT2D eigenvalue weighted by molar-refractivity contribution is -0.133. The number of aromatic nitrogens is 1. The Kier molecular flexibility index (Phi) is 6.49. The summed E-state index contributed by atoms with van der Waals surface area (Å²) in [7, 11) is 1.79. The predicted molar refractivity (Wildman–Crippen MR) is 92.9 cm³/mol. The van der Waals surface area contributed by atoms with Crippen molar-refractivity contribution >= 4 is 11.8 Å². The van der Waals surface area contributed by atoms with Crippen molar-refractivity contribution < 1.29 is 9.59 Å². The summed E-state index contributed by atoms with van der Waals surface area (Å²) in [6.07, 6.45) is 3.74. The van der Waals surface area contributed by atoms with Gasteiger partial charge >= 0.3 is 0 Å². The number of nitrogens with zero attached hydrogens (tertiary/aromatic N) is 3. The number of rotatable bonds is 7. The van der Waals surface area contributed by atoms with Crippen LogP contribution in [0.4, 0.5) is 0 Å². The highest BCUT2D eigenvalue weighted by molar-refractivity contribution is 5.78. The van der Waals surface area contributed by atoms with E-state index in [1.165, 1.54) is 6.92 Å². The third-order valence-electron chi connectivity index (χ3n) is 3.83. The van der Waals surface area contributed by atoms with Crippen molar-refractivity contribution in [1.82, 2.24) is 14.8 Å². The van der Waals surface area contributed by atoms with Crippen LogP contribution in [0.3, 0.4) is 0 Å². The van der Waals surface area contributed by atoms with Gasteiger partial charge in [0.15, 0.2) is 0 Å². The van der Waals surface area contributed by atoms with Crippen LogP contribution in [-0.2, 0) is 22.7 Å². The third kappa shape index (κ3) is 5.50. The van der Waals surface area contributed by atoms with Crippen LogP contribution in [0.25, 0.3) is 0 Å². The average molecular weight is 325 g/mol. The molecule has 5 nitrogen and oxygen atoms in total. The molecular weight excluding hydrogens is 302 g/mol. The Balaban J connectivity index is 1.86. The summed E-state index contributed by atoms with van der Waals surface area (Å²) >= 11 is 0. The van der Waals surface area contributed by atoms with Gasteiger partial charge in [-0.25, -0.2) is 0 Å². The van der Waals surface area contributed by atoms with Crippen molar-refractivity contribution in [3.63, 3.8) is 0 Å². The molecule has 0 saturated heterocycles. The molecule has 0 radical (unpaired) electrons. The smallest absolute Gasteiger partial charge is 0.224 e. The summed E-state index contributed by atoms with van der Waals surface area (Å²) in [5.74, 6) is -0.0198. The van der Waals surface area contributed by atoms with Crippen LogP contribution >= 0.6 is 0 Å². The highest BCUT2D eigenvalue weighted by atomic mass is 16.2. The van der Waals surface area contributed by atoms with E-state index in [0.717, 1.165) is 11.1 Å². The van der Waals surface area contributed by atoms with Gasteiger partial charge in [0.1, 0.15) is 0 Å². The van der Waals surface area contributed by atoms with Crippen LogP contribution in [0.5, 0.6) is 0 Å². The van der Waals surface area contributed by atoms with Crippen LogP contribution < -0.4 is 0 Å². The van der Waals surface area contributed by atoms with Gasteiger partial charge in [-0.3, -0.25) is 14.6 Å². The summed E-state index contributed by atoms with van der Waals surface area (Å²) in [4.78, 5) is 31.5. The molecule has 0 spiro atoms. The van der Waals surface area contributed by atoms with Crippen molar-refractivity contribution in [3.05, 3.63) is 66.0 Å². The number of pyridine rings is 1. The Morgan fingerprint density at radius 1 is 1.00 bits per heavy atom. The van der Waals surface area contributed by atoms with E-state index in [-0.39, 0.29) is 11.8 Å². The minimum absolute atomic E-state index is 0.0243. The van der Waals surface area contributed by atoms with Crippen molar-refractivity contribution in [1.29, 1.82) is 0 Å². The molecule has 0 aliphatic heterocycles. The van der Waals surface area contributed by atoms with Gasteiger partial charge in [0.2, 0.25) is 11.8 Å². The van der Waals surface area contributed by atoms with Crippen LogP contribution in [0.15, 0.2) is 54.9 Å². The van der Waals surface area contributed by atoms with Gasteiger partial charge in [0, 0.05) is 52.4 Å². The van der Waals surface area contributed by atoms with E-state index in [0.29, 0.717) is 26.1 Å². The molecule has 0 aliphatic carbocycles. The fourth-order valence-corrected chi connectivity index (χ4v) is 2.43. The lowest BCUT2D eigenvalue weighted by atomic mass is 10.2. The monoisotopic (exact) mass is 325 g/mol. The zero-order valence-electron chi connectivity index (χ0n) is 14.2. The maximum absolute atomic E-state index is 12.3. The highest BCUT2D eigenvalue weighted by Crippen LogP contribution is 2.07. The maximum Gasteiger partial charge on any atom is 0.224 e. The van der Waals surface area contributed by atoms with Crippen molar-refractivity contribution in [2.24, 2.45) is 0 Å². The van der Waals surface area contributed by atoms with E-state index in [1.807, 2.05) is 42.5 Å². The van der Waals surface area contributed by atoms with E-state index in [9.17, 15) is 9.59 Å². The van der Waals surface area contributed by atoms with Gasteiger partial charge in [-0.05, 0) is 17.2 Å². The second-order valence-electron chi connectivity index (χ2n) is 5.79. The summed E-state index contributed by atoms with van der Waals surface area (Å²) in [5, 5.41) is 0. The molecule has 0 bridgehead atoms.